The molecule has 4 N–H and O–H groups in total. The summed E-state index contributed by atoms with van der Waals surface area (Å²) in [4.78, 5) is 4.02. The summed E-state index contributed by atoms with van der Waals surface area (Å²) in [6.45, 7) is 5.35. The average molecular weight is 239 g/mol. The molecule has 0 aliphatic carbocycles. The lowest BCUT2D eigenvalue weighted by Crippen LogP contribution is -2.38. The highest BCUT2D eigenvalue weighted by Crippen LogP contribution is 2.27. The van der Waals surface area contributed by atoms with Crippen molar-refractivity contribution < 1.29 is 9.84 Å². The number of pyridine rings is 1. The van der Waals surface area contributed by atoms with Crippen LogP contribution in [-0.2, 0) is 10.3 Å². The number of nitrogens with one attached hydrogen (secondary N) is 1. The van der Waals surface area contributed by atoms with Gasteiger partial charge in [0.05, 0.1) is 6.61 Å². The Morgan fingerprint density at radius 2 is 2.29 bits per heavy atom. The van der Waals surface area contributed by atoms with E-state index in [1.807, 2.05) is 13.0 Å². The highest BCUT2D eigenvalue weighted by atomic mass is 16.5. The molecule has 0 aliphatic heterocycles. The minimum atomic E-state index is -1.03. The number of anilines is 1. The summed E-state index contributed by atoms with van der Waals surface area (Å²) in [7, 11) is 1.64. The SMILES string of the molecule is COCCNCC(C)(O)c1c(C)ccnc1N. The second-order valence-electron chi connectivity index (χ2n) is 4.33. The molecule has 0 saturated heterocycles. The number of nitrogens with two attached hydrogens (primary N) is 1. The fraction of sp³-hybridized carbons (Fsp3) is 0.583. The Hall–Kier alpha value is -1.17. The molecule has 1 unspecified atom stereocenters. The molecule has 17 heavy (non-hydrogen) atoms. The lowest BCUT2D eigenvalue weighted by molar-refractivity contribution is 0.0548. The van der Waals surface area contributed by atoms with Gasteiger partial charge in [-0.2, -0.15) is 0 Å². The largest absolute Gasteiger partial charge is 0.384 e. The second-order valence-corrected chi connectivity index (χ2v) is 4.33. The van der Waals surface area contributed by atoms with E-state index in [9.17, 15) is 5.11 Å². The van der Waals surface area contributed by atoms with Gasteiger partial charge in [0.2, 0.25) is 0 Å². The summed E-state index contributed by atoms with van der Waals surface area (Å²) in [6, 6.07) is 1.84. The maximum Gasteiger partial charge on any atom is 0.129 e. The number of hydrogen-bond acceptors (Lipinski definition) is 5. The van der Waals surface area contributed by atoms with Crippen LogP contribution in [0.2, 0.25) is 0 Å². The highest BCUT2D eigenvalue weighted by Gasteiger charge is 2.27. The van der Waals surface area contributed by atoms with Crippen molar-refractivity contribution in [3.63, 3.8) is 0 Å². The van der Waals surface area contributed by atoms with Crippen LogP contribution in [0, 0.1) is 6.92 Å². The Bertz CT molecular complexity index is 347. The normalized spacial score (nSPS) is 14.6. The van der Waals surface area contributed by atoms with E-state index in [4.69, 9.17) is 10.5 Å². The first kappa shape index (κ1) is 13.9. The summed E-state index contributed by atoms with van der Waals surface area (Å²) >= 11 is 0. The molecule has 0 bridgehead atoms. The zero-order valence-corrected chi connectivity index (χ0v) is 10.7. The van der Waals surface area contributed by atoms with E-state index in [0.717, 1.165) is 5.56 Å². The first-order valence-electron chi connectivity index (χ1n) is 5.62. The third-order valence-corrected chi connectivity index (χ3v) is 2.68. The average Bonchev–Trinajstić information content (AvgIpc) is 2.24. The number of nitrogens with zero attached hydrogens (tertiary/aromatic N) is 1. The first-order valence-corrected chi connectivity index (χ1v) is 5.62. The van der Waals surface area contributed by atoms with Crippen LogP contribution in [0.25, 0.3) is 0 Å². The highest BCUT2D eigenvalue weighted by molar-refractivity contribution is 5.47. The van der Waals surface area contributed by atoms with Gasteiger partial charge in [-0.25, -0.2) is 4.98 Å². The summed E-state index contributed by atoms with van der Waals surface area (Å²) in [6.07, 6.45) is 1.64. The number of aromatic nitrogens is 1. The second kappa shape index (κ2) is 5.95. The predicted octanol–water partition coefficient (Wildman–Crippen LogP) is 0.416. The van der Waals surface area contributed by atoms with Gasteiger partial charge in [0, 0.05) is 32.0 Å². The van der Waals surface area contributed by atoms with Gasteiger partial charge in [-0.3, -0.25) is 0 Å². The minimum absolute atomic E-state index is 0.378. The van der Waals surface area contributed by atoms with Crippen molar-refractivity contribution >= 4 is 5.82 Å². The van der Waals surface area contributed by atoms with Crippen LogP contribution in [0.5, 0.6) is 0 Å². The van der Waals surface area contributed by atoms with E-state index in [2.05, 4.69) is 10.3 Å². The van der Waals surface area contributed by atoms with Crippen LogP contribution >= 0.6 is 0 Å². The molecule has 0 radical (unpaired) electrons. The molecule has 0 spiro atoms. The monoisotopic (exact) mass is 239 g/mol. The molecule has 0 aromatic carbocycles. The zero-order valence-electron chi connectivity index (χ0n) is 10.7. The Kier molecular flexibility index (Phi) is 4.86. The molecule has 0 fully saturated rings. The molecular formula is C12H21N3O2. The van der Waals surface area contributed by atoms with Crippen LogP contribution in [0.15, 0.2) is 12.3 Å². The van der Waals surface area contributed by atoms with E-state index < -0.39 is 5.60 Å². The van der Waals surface area contributed by atoms with Crippen molar-refractivity contribution in [2.45, 2.75) is 19.4 Å². The van der Waals surface area contributed by atoms with Crippen molar-refractivity contribution in [3.05, 3.63) is 23.4 Å². The van der Waals surface area contributed by atoms with E-state index >= 15 is 0 Å². The van der Waals surface area contributed by atoms with Crippen molar-refractivity contribution in [3.8, 4) is 0 Å². The number of aliphatic hydroxyl groups is 1. The van der Waals surface area contributed by atoms with Gasteiger partial charge in [0.15, 0.2) is 0 Å². The lowest BCUT2D eigenvalue weighted by Gasteiger charge is -2.26. The van der Waals surface area contributed by atoms with Gasteiger partial charge in [-0.05, 0) is 25.5 Å². The van der Waals surface area contributed by atoms with Crippen LogP contribution in [0.4, 0.5) is 5.82 Å². The Morgan fingerprint density at radius 3 is 2.88 bits per heavy atom. The van der Waals surface area contributed by atoms with E-state index in [1.54, 1.807) is 20.2 Å². The molecule has 5 nitrogen and oxygen atoms in total. The third kappa shape index (κ3) is 3.66. The van der Waals surface area contributed by atoms with E-state index in [-0.39, 0.29) is 0 Å². The fourth-order valence-corrected chi connectivity index (χ4v) is 1.87. The van der Waals surface area contributed by atoms with Crippen LogP contribution in [-0.4, -0.2) is 36.9 Å². The molecule has 0 saturated carbocycles. The summed E-state index contributed by atoms with van der Waals surface area (Å²) < 4.78 is 4.93. The Balaban J connectivity index is 2.75. The lowest BCUT2D eigenvalue weighted by atomic mass is 9.92. The van der Waals surface area contributed by atoms with Gasteiger partial charge >= 0.3 is 0 Å². The van der Waals surface area contributed by atoms with Gasteiger partial charge < -0.3 is 20.9 Å². The number of nitrogen functional groups attached to an aromatic ring is 1. The molecule has 96 valence electrons. The molecule has 5 heteroatoms. The molecule has 1 atom stereocenters. The minimum Gasteiger partial charge on any atom is -0.384 e. The molecule has 1 aromatic heterocycles. The predicted molar refractivity (Wildman–Crippen MR) is 67.7 cm³/mol. The van der Waals surface area contributed by atoms with Crippen molar-refractivity contribution in [1.29, 1.82) is 0 Å². The molecular weight excluding hydrogens is 218 g/mol. The smallest absolute Gasteiger partial charge is 0.129 e. The number of hydrogen-bond donors (Lipinski definition) is 3. The number of rotatable bonds is 6. The van der Waals surface area contributed by atoms with Gasteiger partial charge in [-0.1, -0.05) is 0 Å². The van der Waals surface area contributed by atoms with E-state index in [1.165, 1.54) is 0 Å². The van der Waals surface area contributed by atoms with Crippen LogP contribution in [0.3, 0.4) is 0 Å². The summed E-state index contributed by atoms with van der Waals surface area (Å²) in [5.41, 5.74) is 6.41. The van der Waals surface area contributed by atoms with Gasteiger partial charge in [0.1, 0.15) is 11.4 Å². The Labute approximate surface area is 102 Å². The van der Waals surface area contributed by atoms with Crippen molar-refractivity contribution in [1.82, 2.24) is 10.3 Å². The van der Waals surface area contributed by atoms with Crippen LogP contribution in [0.1, 0.15) is 18.1 Å². The van der Waals surface area contributed by atoms with Gasteiger partial charge in [0.25, 0.3) is 0 Å². The standard InChI is InChI=1S/C12H21N3O2/c1-9-4-5-15-11(13)10(9)12(2,16)8-14-6-7-17-3/h4-5,14,16H,6-8H2,1-3H3,(H2,13,15). The van der Waals surface area contributed by atoms with E-state index in [0.29, 0.717) is 31.1 Å². The topological polar surface area (TPSA) is 80.4 Å². The maximum atomic E-state index is 10.4. The molecule has 1 heterocycles. The van der Waals surface area contributed by atoms with Gasteiger partial charge in [-0.15, -0.1) is 0 Å². The van der Waals surface area contributed by atoms with Crippen molar-refractivity contribution in [2.24, 2.45) is 0 Å². The number of ether oxygens (including phenoxy) is 1. The zero-order chi connectivity index (χ0) is 12.9. The fourth-order valence-electron chi connectivity index (χ4n) is 1.87. The molecule has 1 rings (SSSR count). The van der Waals surface area contributed by atoms with Crippen LogP contribution < -0.4 is 11.1 Å². The van der Waals surface area contributed by atoms with Crippen molar-refractivity contribution in [2.75, 3.05) is 32.5 Å². The third-order valence-electron chi connectivity index (χ3n) is 2.68. The number of aryl methyl sites for hydroxylation is 1. The maximum absolute atomic E-state index is 10.4. The molecule has 0 aliphatic rings. The molecule has 1 aromatic rings. The first-order chi connectivity index (χ1) is 7.99. The summed E-state index contributed by atoms with van der Waals surface area (Å²) in [5.74, 6) is 0.378. The Morgan fingerprint density at radius 1 is 1.59 bits per heavy atom. The quantitative estimate of drug-likeness (QED) is 0.627. The molecule has 0 amide bonds. The number of methoxy groups -OCH3 is 1. The summed E-state index contributed by atoms with van der Waals surface area (Å²) in [5, 5.41) is 13.5.